The van der Waals surface area contributed by atoms with Crippen LogP contribution in [-0.2, 0) is 27.9 Å². The lowest BCUT2D eigenvalue weighted by Gasteiger charge is -2.36. The molecule has 2 aliphatic heterocycles. The number of aliphatic carboxylic acids is 1. The summed E-state index contributed by atoms with van der Waals surface area (Å²) in [4.78, 5) is 61.3. The number of piperidine rings is 1. The number of ether oxygens (including phenoxy) is 1. The molecule has 59 heavy (non-hydrogen) atoms. The van der Waals surface area contributed by atoms with Gasteiger partial charge in [0.2, 0.25) is 5.91 Å². The van der Waals surface area contributed by atoms with Crippen molar-refractivity contribution in [3.63, 3.8) is 0 Å². The molecule has 3 amide bonds. The summed E-state index contributed by atoms with van der Waals surface area (Å²) < 4.78 is 39.2. The highest BCUT2D eigenvalue weighted by molar-refractivity contribution is 6.34. The number of hydrogen-bond acceptors (Lipinski definition) is 9. The topological polar surface area (TPSA) is 167 Å². The Morgan fingerprint density at radius 1 is 1.03 bits per heavy atom. The van der Waals surface area contributed by atoms with Gasteiger partial charge in [0.1, 0.15) is 0 Å². The molecule has 0 unspecified atom stereocenters. The van der Waals surface area contributed by atoms with Gasteiger partial charge in [0.25, 0.3) is 11.8 Å². The highest BCUT2D eigenvalue weighted by Crippen LogP contribution is 2.33. The van der Waals surface area contributed by atoms with E-state index < -0.39 is 23.5 Å². The number of aromatic nitrogens is 4. The Labute approximate surface area is 346 Å². The van der Waals surface area contributed by atoms with Gasteiger partial charge < -0.3 is 34.8 Å². The van der Waals surface area contributed by atoms with Gasteiger partial charge in [-0.25, -0.2) is 13.8 Å². The number of benzene rings is 2. The fourth-order valence-corrected chi connectivity index (χ4v) is 7.87. The second-order valence-corrected chi connectivity index (χ2v) is 15.4. The lowest BCUT2D eigenvalue weighted by atomic mass is 9.94. The molecule has 0 aliphatic carbocycles. The first kappa shape index (κ1) is 43.4. The van der Waals surface area contributed by atoms with Gasteiger partial charge in [-0.2, -0.15) is 5.10 Å². The molecule has 0 radical (unpaired) electrons. The summed E-state index contributed by atoms with van der Waals surface area (Å²) in [5.74, 6) is -3.91. The zero-order chi connectivity index (χ0) is 42.4. The van der Waals surface area contributed by atoms with E-state index in [1.807, 2.05) is 11.8 Å². The van der Waals surface area contributed by atoms with Gasteiger partial charge in [-0.1, -0.05) is 17.7 Å². The fraction of sp³-hybridized carbons (Fsp3) is 0.463. The molecule has 6 rings (SSSR count). The summed E-state index contributed by atoms with van der Waals surface area (Å²) in [6, 6.07) is 7.41. The summed E-state index contributed by atoms with van der Waals surface area (Å²) in [5, 5.41) is 19.7. The van der Waals surface area contributed by atoms with Gasteiger partial charge in [-0.15, -0.1) is 0 Å². The Kier molecular flexibility index (Phi) is 14.1. The van der Waals surface area contributed by atoms with Gasteiger partial charge in [0.05, 0.1) is 48.4 Å². The Hall–Kier alpha value is -5.23. The molecule has 0 saturated carbocycles. The molecule has 0 atom stereocenters. The molecular weight excluding hydrogens is 788 g/mol. The molecule has 18 heteroatoms. The first-order chi connectivity index (χ1) is 28.3. The maximum absolute atomic E-state index is 15.6. The monoisotopic (exact) mass is 837 g/mol. The van der Waals surface area contributed by atoms with Crippen LogP contribution in [0.15, 0.2) is 42.7 Å². The van der Waals surface area contributed by atoms with Crippen molar-refractivity contribution in [3.8, 4) is 22.4 Å². The minimum absolute atomic E-state index is 0.00174. The predicted octanol–water partition coefficient (Wildman–Crippen LogP) is 4.40. The molecule has 4 heterocycles. The van der Waals surface area contributed by atoms with E-state index in [1.165, 1.54) is 48.3 Å². The molecular formula is C41H50ClF2N9O6. The van der Waals surface area contributed by atoms with Crippen LogP contribution in [0.5, 0.6) is 0 Å². The number of carboxylic acids is 1. The molecule has 15 nitrogen and oxygen atoms in total. The summed E-state index contributed by atoms with van der Waals surface area (Å²) in [5.41, 5.74) is 1.79. The summed E-state index contributed by atoms with van der Waals surface area (Å²) in [6.45, 7) is 8.98. The molecule has 3 N–H and O–H groups in total. The second kappa shape index (κ2) is 19.2. The quantitative estimate of drug-likeness (QED) is 0.139. The first-order valence-corrected chi connectivity index (χ1v) is 20.0. The van der Waals surface area contributed by atoms with E-state index in [4.69, 9.17) is 16.3 Å². The number of imidazole rings is 1. The number of amides is 3. The largest absolute Gasteiger partial charge is 0.480 e. The maximum Gasteiger partial charge on any atom is 0.317 e. The third-order valence-electron chi connectivity index (χ3n) is 11.2. The number of nitrogens with zero attached hydrogens (tertiary/aromatic N) is 7. The highest BCUT2D eigenvalue weighted by atomic mass is 35.5. The Balaban J connectivity index is 1.04. The number of nitrogens with one attached hydrogen (secondary N) is 2. The smallest absolute Gasteiger partial charge is 0.317 e. The van der Waals surface area contributed by atoms with Crippen molar-refractivity contribution in [1.82, 2.24) is 39.3 Å². The molecule has 2 aromatic carbocycles. The normalized spacial score (nSPS) is 14.7. The Morgan fingerprint density at radius 3 is 2.39 bits per heavy atom. The zero-order valence-corrected chi connectivity index (χ0v) is 34.4. The van der Waals surface area contributed by atoms with Crippen molar-refractivity contribution in [1.29, 1.82) is 0 Å². The Morgan fingerprint density at radius 2 is 1.75 bits per heavy atom. The van der Waals surface area contributed by atoms with Crippen molar-refractivity contribution in [2.75, 3.05) is 77.9 Å². The van der Waals surface area contributed by atoms with Gasteiger partial charge in [0.15, 0.2) is 17.5 Å². The van der Waals surface area contributed by atoms with Crippen LogP contribution >= 0.6 is 11.6 Å². The average molecular weight is 838 g/mol. The molecule has 316 valence electrons. The molecule has 2 fully saturated rings. The molecule has 2 aliphatic rings. The average Bonchev–Trinajstić information content (AvgIpc) is 3.77. The van der Waals surface area contributed by atoms with E-state index in [0.29, 0.717) is 88.1 Å². The number of halogens is 3. The highest BCUT2D eigenvalue weighted by Gasteiger charge is 2.32. The number of methoxy groups -OCH3 is 1. The second-order valence-electron chi connectivity index (χ2n) is 15.0. The Bertz CT molecular complexity index is 2180. The lowest BCUT2D eigenvalue weighted by molar-refractivity contribution is -0.138. The number of likely N-dealkylation sites (tertiary alicyclic amines) is 1. The number of carbonyl (C=O) groups excluding carboxylic acids is 3. The van der Waals surface area contributed by atoms with E-state index >= 15 is 8.78 Å². The van der Waals surface area contributed by atoms with Crippen LogP contribution in [0.25, 0.3) is 22.4 Å². The van der Waals surface area contributed by atoms with Crippen molar-refractivity contribution >= 4 is 41.0 Å². The number of carboxylic acid groups (broad SMARTS) is 1. The van der Waals surface area contributed by atoms with Gasteiger partial charge >= 0.3 is 5.97 Å². The van der Waals surface area contributed by atoms with Gasteiger partial charge in [-0.3, -0.25) is 28.8 Å². The van der Waals surface area contributed by atoms with E-state index in [9.17, 15) is 24.3 Å². The summed E-state index contributed by atoms with van der Waals surface area (Å²) >= 11 is 6.57. The minimum Gasteiger partial charge on any atom is -0.480 e. The zero-order valence-electron chi connectivity index (χ0n) is 33.6. The van der Waals surface area contributed by atoms with E-state index in [1.54, 1.807) is 34.6 Å². The van der Waals surface area contributed by atoms with Crippen LogP contribution in [-0.4, -0.2) is 135 Å². The number of likely N-dealkylation sites (N-methyl/N-ethyl adjacent to an activating group) is 1. The van der Waals surface area contributed by atoms with Crippen molar-refractivity contribution in [2.45, 2.75) is 33.2 Å². The first-order valence-electron chi connectivity index (χ1n) is 19.7. The molecule has 0 bridgehead atoms. The van der Waals surface area contributed by atoms with Crippen LogP contribution < -0.4 is 10.6 Å². The van der Waals surface area contributed by atoms with Crippen LogP contribution in [0.1, 0.15) is 46.4 Å². The number of carbonyl (C=O) groups is 4. The molecule has 0 spiro atoms. The standard InChI is InChI=1S/C41H50ClF2N9O6/c1-5-51(15-14-50(24-35(54)55)23-26-19-45-20-26)40(57)27-10-12-52(13-11-27)41(58)30-7-6-28(18-33(30)42)48-39(56)38-46-22-34(49(38)3)31-9-8-29(36(43)37(31)44)32-21-47-53(25(32)2)16-17-59-4/h6-9,18,21-22,26-27,45H,5,10-17,19-20,23-24H2,1-4H3,(H,48,56)(H,54,55). The molecule has 2 aromatic heterocycles. The molecule has 2 saturated heterocycles. The predicted molar refractivity (Wildman–Crippen MR) is 217 cm³/mol. The van der Waals surface area contributed by atoms with Gasteiger partial charge in [0, 0.05) is 101 Å². The van der Waals surface area contributed by atoms with E-state index in [-0.39, 0.29) is 57.5 Å². The van der Waals surface area contributed by atoms with Crippen molar-refractivity contribution in [2.24, 2.45) is 18.9 Å². The van der Waals surface area contributed by atoms with Crippen LogP contribution in [0, 0.1) is 30.4 Å². The SMILES string of the molecule is CCN(CCN(CC(=O)O)CC1CNC1)C(=O)C1CCN(C(=O)c2ccc(NC(=O)c3ncc(-c4ccc(-c5cnn(CCOC)c5C)c(F)c4F)n3C)cc2Cl)CC1. The molecule has 4 aromatic rings. The van der Waals surface area contributed by atoms with Crippen LogP contribution in [0.2, 0.25) is 5.02 Å². The van der Waals surface area contributed by atoms with E-state index in [0.717, 1.165) is 13.1 Å². The number of anilines is 1. The van der Waals surface area contributed by atoms with Crippen LogP contribution in [0.4, 0.5) is 14.5 Å². The van der Waals surface area contributed by atoms with E-state index in [2.05, 4.69) is 20.7 Å². The third-order valence-corrected chi connectivity index (χ3v) is 11.5. The fourth-order valence-electron chi connectivity index (χ4n) is 7.61. The maximum atomic E-state index is 15.6. The van der Waals surface area contributed by atoms with Crippen molar-refractivity contribution < 1.29 is 37.8 Å². The lowest BCUT2D eigenvalue weighted by Crippen LogP contribution is -2.51. The number of hydrogen-bond donors (Lipinski definition) is 3. The van der Waals surface area contributed by atoms with Crippen molar-refractivity contribution in [3.05, 3.63) is 76.5 Å². The van der Waals surface area contributed by atoms with Gasteiger partial charge in [-0.05, 0) is 56.9 Å². The third kappa shape index (κ3) is 9.81. The summed E-state index contributed by atoms with van der Waals surface area (Å²) in [6.07, 6.45) is 3.73. The van der Waals surface area contributed by atoms with Crippen LogP contribution in [0.3, 0.4) is 0 Å². The minimum atomic E-state index is -1.10. The summed E-state index contributed by atoms with van der Waals surface area (Å²) in [7, 11) is 3.08. The number of rotatable bonds is 17.